The van der Waals surface area contributed by atoms with E-state index < -0.39 is 35.5 Å². The predicted molar refractivity (Wildman–Crippen MR) is 151 cm³/mol. The maximum atomic E-state index is 13.4. The summed E-state index contributed by atoms with van der Waals surface area (Å²) >= 11 is 6.68. The van der Waals surface area contributed by atoms with Gasteiger partial charge in [0.1, 0.15) is 6.54 Å². The van der Waals surface area contributed by atoms with Crippen LogP contribution in [0.3, 0.4) is 0 Å². The molecule has 2 heterocycles. The highest BCUT2D eigenvalue weighted by Crippen LogP contribution is 2.35. The minimum Gasteiger partial charge on any atom is -0.325 e. The minimum absolute atomic E-state index is 0.0636. The standard InChI is InChI=1S/C29H23ClN4O4S/c1-18-7-13-22(14-8-18)31-26(35)17-33-28(37)25(39-29(33)38)16-27(36)34-24(20-9-11-21(30)12-10-20)15-23(32-34)19-5-3-2-4-6-19/h2-14,16,24H,15,17H2,1H3,(H,31,35)/b25-16-. The highest BCUT2D eigenvalue weighted by Gasteiger charge is 2.39. The van der Waals surface area contributed by atoms with Crippen LogP contribution in [0.15, 0.2) is 94.9 Å². The van der Waals surface area contributed by atoms with Gasteiger partial charge in [-0.05, 0) is 54.1 Å². The Morgan fingerprint density at radius 1 is 1.03 bits per heavy atom. The molecule has 1 atom stereocenters. The average Bonchev–Trinajstić information content (AvgIpc) is 3.49. The quantitative estimate of drug-likeness (QED) is 0.400. The number of rotatable bonds is 6. The summed E-state index contributed by atoms with van der Waals surface area (Å²) in [6, 6.07) is 23.4. The van der Waals surface area contributed by atoms with Crippen molar-refractivity contribution in [3.63, 3.8) is 0 Å². The van der Waals surface area contributed by atoms with Crippen LogP contribution in [0.2, 0.25) is 5.02 Å². The number of imide groups is 1. The van der Waals surface area contributed by atoms with Crippen LogP contribution in [-0.4, -0.2) is 45.1 Å². The molecule has 1 N–H and O–H groups in total. The number of aryl methyl sites for hydroxylation is 1. The highest BCUT2D eigenvalue weighted by atomic mass is 35.5. The maximum absolute atomic E-state index is 13.4. The summed E-state index contributed by atoms with van der Waals surface area (Å²) in [5.74, 6) is -1.77. The molecule has 4 amide bonds. The lowest BCUT2D eigenvalue weighted by atomic mass is 9.98. The lowest BCUT2D eigenvalue weighted by molar-refractivity contribution is -0.129. The van der Waals surface area contributed by atoms with Gasteiger partial charge in [-0.3, -0.25) is 24.1 Å². The van der Waals surface area contributed by atoms with E-state index in [2.05, 4.69) is 10.4 Å². The maximum Gasteiger partial charge on any atom is 0.294 e. The van der Waals surface area contributed by atoms with Crippen LogP contribution in [0.25, 0.3) is 0 Å². The van der Waals surface area contributed by atoms with Gasteiger partial charge in [0, 0.05) is 23.2 Å². The first-order chi connectivity index (χ1) is 18.8. The number of halogens is 1. The zero-order valence-electron chi connectivity index (χ0n) is 20.8. The Balaban J connectivity index is 1.34. The number of nitrogens with zero attached hydrogens (tertiary/aromatic N) is 3. The zero-order valence-corrected chi connectivity index (χ0v) is 22.4. The summed E-state index contributed by atoms with van der Waals surface area (Å²) in [6.07, 6.45) is 1.58. The number of hydrogen-bond acceptors (Lipinski definition) is 6. The third-order valence-electron chi connectivity index (χ3n) is 6.26. The van der Waals surface area contributed by atoms with Crippen molar-refractivity contribution < 1.29 is 19.2 Å². The molecule has 8 nitrogen and oxygen atoms in total. The van der Waals surface area contributed by atoms with Crippen molar-refractivity contribution >= 4 is 57.7 Å². The molecule has 3 aromatic carbocycles. The van der Waals surface area contributed by atoms with E-state index in [9.17, 15) is 19.2 Å². The predicted octanol–water partition coefficient (Wildman–Crippen LogP) is 5.54. The largest absolute Gasteiger partial charge is 0.325 e. The SMILES string of the molecule is Cc1ccc(NC(=O)CN2C(=O)S/C(=C\C(=O)N3N=C(c4ccccc4)CC3c3ccc(Cl)cc3)C2=O)cc1. The van der Waals surface area contributed by atoms with E-state index >= 15 is 0 Å². The second kappa shape index (κ2) is 11.3. The molecule has 0 radical (unpaired) electrons. The van der Waals surface area contributed by atoms with Crippen LogP contribution in [0.4, 0.5) is 10.5 Å². The van der Waals surface area contributed by atoms with E-state index in [0.717, 1.165) is 33.4 Å². The summed E-state index contributed by atoms with van der Waals surface area (Å²) in [5, 5.41) is 8.52. The lowest BCUT2D eigenvalue weighted by Crippen LogP contribution is -2.36. The third-order valence-corrected chi connectivity index (χ3v) is 7.42. The van der Waals surface area contributed by atoms with Crippen LogP contribution in [0.1, 0.15) is 29.2 Å². The van der Waals surface area contributed by atoms with E-state index in [0.29, 0.717) is 28.9 Å². The Bertz CT molecular complexity index is 1500. The number of hydrogen-bond donors (Lipinski definition) is 1. The first kappa shape index (κ1) is 26.4. The summed E-state index contributed by atoms with van der Waals surface area (Å²) in [5.41, 5.74) is 4.02. The second-order valence-electron chi connectivity index (χ2n) is 9.05. The molecule has 0 spiro atoms. The molecule has 196 valence electrons. The van der Waals surface area contributed by atoms with E-state index in [4.69, 9.17) is 11.6 Å². The van der Waals surface area contributed by atoms with Crippen molar-refractivity contribution in [3.8, 4) is 0 Å². The number of nitrogens with one attached hydrogen (secondary N) is 1. The summed E-state index contributed by atoms with van der Waals surface area (Å²) in [4.78, 5) is 52.2. The first-order valence-corrected chi connectivity index (χ1v) is 13.3. The molecule has 0 saturated carbocycles. The Morgan fingerprint density at radius 2 is 1.72 bits per heavy atom. The molecule has 3 aromatic rings. The van der Waals surface area contributed by atoms with Gasteiger partial charge in [-0.2, -0.15) is 5.10 Å². The Morgan fingerprint density at radius 3 is 2.41 bits per heavy atom. The topological polar surface area (TPSA) is 99.2 Å². The lowest BCUT2D eigenvalue weighted by Gasteiger charge is -2.21. The van der Waals surface area contributed by atoms with Crippen LogP contribution in [-0.2, 0) is 14.4 Å². The average molecular weight is 559 g/mol. The third kappa shape index (κ3) is 5.94. The fourth-order valence-electron chi connectivity index (χ4n) is 4.26. The molecule has 0 aromatic heterocycles. The normalized spacial score (nSPS) is 18.1. The van der Waals surface area contributed by atoms with Gasteiger partial charge < -0.3 is 5.32 Å². The Hall–Kier alpha value is -4.21. The molecule has 1 unspecified atom stereocenters. The summed E-state index contributed by atoms with van der Waals surface area (Å²) < 4.78 is 0. The fraction of sp³-hybridized carbons (Fsp3) is 0.138. The zero-order chi connectivity index (χ0) is 27.5. The number of carbonyl (C=O) groups excluding carboxylic acids is 4. The van der Waals surface area contributed by atoms with Crippen LogP contribution in [0.5, 0.6) is 0 Å². The number of thioether (sulfide) groups is 1. The van der Waals surface area contributed by atoms with Gasteiger partial charge in [-0.15, -0.1) is 0 Å². The molecule has 10 heteroatoms. The fourth-order valence-corrected chi connectivity index (χ4v) is 5.19. The summed E-state index contributed by atoms with van der Waals surface area (Å²) in [6.45, 7) is 1.46. The van der Waals surface area contributed by atoms with Gasteiger partial charge in [-0.1, -0.05) is 71.8 Å². The summed E-state index contributed by atoms with van der Waals surface area (Å²) in [7, 11) is 0. The van der Waals surface area contributed by atoms with Crippen LogP contribution < -0.4 is 5.32 Å². The number of benzene rings is 3. The second-order valence-corrected chi connectivity index (χ2v) is 10.5. The van der Waals surface area contributed by atoms with Crippen molar-refractivity contribution in [2.45, 2.75) is 19.4 Å². The molecular formula is C29H23ClN4O4S. The van der Waals surface area contributed by atoms with Crippen molar-refractivity contribution in [2.75, 3.05) is 11.9 Å². The number of carbonyl (C=O) groups is 4. The molecule has 1 fully saturated rings. The van der Waals surface area contributed by atoms with Crippen molar-refractivity contribution in [1.29, 1.82) is 0 Å². The van der Waals surface area contributed by atoms with E-state index in [1.165, 1.54) is 5.01 Å². The molecule has 39 heavy (non-hydrogen) atoms. The van der Waals surface area contributed by atoms with Crippen LogP contribution >= 0.6 is 23.4 Å². The van der Waals surface area contributed by atoms with E-state index in [-0.39, 0.29) is 4.91 Å². The van der Waals surface area contributed by atoms with Gasteiger partial charge in [-0.25, -0.2) is 5.01 Å². The van der Waals surface area contributed by atoms with Gasteiger partial charge in [0.25, 0.3) is 17.1 Å². The van der Waals surface area contributed by atoms with Gasteiger partial charge >= 0.3 is 0 Å². The Kier molecular flexibility index (Phi) is 7.63. The van der Waals surface area contributed by atoms with Crippen molar-refractivity contribution in [3.05, 3.63) is 112 Å². The number of anilines is 1. The molecule has 2 aliphatic rings. The highest BCUT2D eigenvalue weighted by molar-refractivity contribution is 8.18. The minimum atomic E-state index is -0.702. The first-order valence-electron chi connectivity index (χ1n) is 12.1. The molecule has 0 aliphatic carbocycles. The van der Waals surface area contributed by atoms with Gasteiger partial charge in [0.2, 0.25) is 5.91 Å². The monoisotopic (exact) mass is 558 g/mol. The van der Waals surface area contributed by atoms with Crippen molar-refractivity contribution in [1.82, 2.24) is 9.91 Å². The van der Waals surface area contributed by atoms with E-state index in [1.807, 2.05) is 61.5 Å². The van der Waals surface area contributed by atoms with Gasteiger partial charge in [0.05, 0.1) is 16.7 Å². The Labute approximate surface area is 234 Å². The van der Waals surface area contributed by atoms with Gasteiger partial charge in [0.15, 0.2) is 0 Å². The molecule has 1 saturated heterocycles. The molecule has 2 aliphatic heterocycles. The molecular weight excluding hydrogens is 536 g/mol. The van der Waals surface area contributed by atoms with Crippen LogP contribution in [0, 0.1) is 6.92 Å². The number of amides is 4. The van der Waals surface area contributed by atoms with Crippen molar-refractivity contribution in [2.24, 2.45) is 5.10 Å². The molecule has 5 rings (SSSR count). The smallest absolute Gasteiger partial charge is 0.294 e. The number of hydrazone groups is 1. The van der Waals surface area contributed by atoms with E-state index in [1.54, 1.807) is 24.3 Å². The molecule has 0 bridgehead atoms.